The summed E-state index contributed by atoms with van der Waals surface area (Å²) in [4.78, 5) is 2.46. The molecular formula is C16H18FNO. The van der Waals surface area contributed by atoms with Gasteiger partial charge in [0.1, 0.15) is 12.4 Å². The smallest absolute Gasteiger partial charge is 0.124 e. The highest BCUT2D eigenvalue weighted by Gasteiger charge is 2.37. The van der Waals surface area contributed by atoms with Crippen LogP contribution < -0.4 is 0 Å². The van der Waals surface area contributed by atoms with Crippen LogP contribution in [0.1, 0.15) is 30.4 Å². The number of fused-ring (bicyclic) bond motifs is 2. The van der Waals surface area contributed by atoms with Crippen molar-refractivity contribution < 1.29 is 9.50 Å². The minimum absolute atomic E-state index is 0.193. The van der Waals surface area contributed by atoms with Gasteiger partial charge in [0, 0.05) is 24.7 Å². The van der Waals surface area contributed by atoms with Gasteiger partial charge in [0.15, 0.2) is 0 Å². The van der Waals surface area contributed by atoms with Gasteiger partial charge >= 0.3 is 0 Å². The van der Waals surface area contributed by atoms with E-state index in [1.165, 1.54) is 25.3 Å². The third-order valence-electron chi connectivity index (χ3n) is 4.18. The van der Waals surface area contributed by atoms with Crippen LogP contribution in [0, 0.1) is 23.6 Å². The van der Waals surface area contributed by atoms with E-state index in [0.717, 1.165) is 24.6 Å². The third kappa shape index (κ3) is 2.80. The molecule has 2 atom stereocenters. The summed E-state index contributed by atoms with van der Waals surface area (Å²) >= 11 is 0. The van der Waals surface area contributed by atoms with Crippen LogP contribution in [0.2, 0.25) is 0 Å². The Bertz CT molecular complexity index is 531. The van der Waals surface area contributed by atoms with Gasteiger partial charge in [-0.3, -0.25) is 4.90 Å². The summed E-state index contributed by atoms with van der Waals surface area (Å²) in [6.07, 6.45) is 3.96. The molecule has 2 aliphatic rings. The molecule has 2 nitrogen and oxygen atoms in total. The summed E-state index contributed by atoms with van der Waals surface area (Å²) in [6.45, 7) is 1.77. The fourth-order valence-electron chi connectivity index (χ4n) is 3.41. The average molecular weight is 259 g/mol. The molecule has 0 amide bonds. The van der Waals surface area contributed by atoms with Crippen LogP contribution in [0.3, 0.4) is 0 Å². The van der Waals surface area contributed by atoms with Crippen LogP contribution in [0.15, 0.2) is 18.2 Å². The molecule has 1 heterocycles. The SMILES string of the molecule is OCC#Cc1cc(F)cc(CN2CC3CCC2C3)c1. The van der Waals surface area contributed by atoms with Crippen molar-refractivity contribution in [3.05, 3.63) is 35.1 Å². The molecule has 2 fully saturated rings. The van der Waals surface area contributed by atoms with Crippen LogP contribution in [-0.4, -0.2) is 29.2 Å². The zero-order chi connectivity index (χ0) is 13.2. The van der Waals surface area contributed by atoms with Gasteiger partial charge < -0.3 is 5.11 Å². The van der Waals surface area contributed by atoms with Crippen LogP contribution in [0.5, 0.6) is 0 Å². The van der Waals surface area contributed by atoms with Gasteiger partial charge in [-0.2, -0.15) is 0 Å². The maximum Gasteiger partial charge on any atom is 0.124 e. The number of halogens is 1. The molecule has 2 bridgehead atoms. The number of hydrogen-bond acceptors (Lipinski definition) is 2. The molecule has 1 aromatic carbocycles. The van der Waals surface area contributed by atoms with Crippen molar-refractivity contribution in [1.82, 2.24) is 4.90 Å². The lowest BCUT2D eigenvalue weighted by Gasteiger charge is -2.26. The van der Waals surface area contributed by atoms with Gasteiger partial charge in [-0.1, -0.05) is 11.8 Å². The fourth-order valence-corrected chi connectivity index (χ4v) is 3.41. The van der Waals surface area contributed by atoms with Crippen molar-refractivity contribution in [1.29, 1.82) is 0 Å². The molecule has 3 rings (SSSR count). The summed E-state index contributed by atoms with van der Waals surface area (Å²) in [5.41, 5.74) is 1.63. The highest BCUT2D eigenvalue weighted by atomic mass is 19.1. The Balaban J connectivity index is 1.75. The molecule has 0 radical (unpaired) electrons. The standard InChI is InChI=1S/C16H18FNO/c17-15-7-12(2-1-5-19)6-14(8-15)11-18-10-13-3-4-16(18)9-13/h6-8,13,16,19H,3-5,9-11H2. The number of piperidine rings is 1. The first-order chi connectivity index (χ1) is 9.24. The van der Waals surface area contributed by atoms with Gasteiger partial charge in [0.25, 0.3) is 0 Å². The topological polar surface area (TPSA) is 23.5 Å². The Labute approximate surface area is 113 Å². The highest BCUT2D eigenvalue weighted by Crippen LogP contribution is 2.38. The van der Waals surface area contributed by atoms with Crippen LogP contribution in [-0.2, 0) is 6.54 Å². The first kappa shape index (κ1) is 12.7. The summed E-state index contributed by atoms with van der Waals surface area (Å²) in [7, 11) is 0. The summed E-state index contributed by atoms with van der Waals surface area (Å²) in [6, 6.07) is 5.64. The van der Waals surface area contributed by atoms with Crippen molar-refractivity contribution in [2.75, 3.05) is 13.2 Å². The number of aliphatic hydroxyl groups is 1. The highest BCUT2D eigenvalue weighted by molar-refractivity contribution is 5.37. The van der Waals surface area contributed by atoms with Crippen molar-refractivity contribution in [2.45, 2.75) is 31.8 Å². The summed E-state index contributed by atoms with van der Waals surface area (Å²) in [5, 5.41) is 8.69. The number of likely N-dealkylation sites (tertiary alicyclic amines) is 1. The average Bonchev–Trinajstić information content (AvgIpc) is 2.98. The van der Waals surface area contributed by atoms with Gasteiger partial charge in [0.05, 0.1) is 0 Å². The minimum Gasteiger partial charge on any atom is -0.384 e. The molecule has 1 saturated heterocycles. The van der Waals surface area contributed by atoms with Crippen LogP contribution >= 0.6 is 0 Å². The van der Waals surface area contributed by atoms with Crippen molar-refractivity contribution in [2.24, 2.45) is 5.92 Å². The molecule has 1 aliphatic heterocycles. The van der Waals surface area contributed by atoms with Gasteiger partial charge in [-0.05, 0) is 48.9 Å². The van der Waals surface area contributed by atoms with Crippen molar-refractivity contribution in [3.8, 4) is 11.8 Å². The number of benzene rings is 1. The zero-order valence-corrected chi connectivity index (χ0v) is 10.9. The van der Waals surface area contributed by atoms with E-state index in [0.29, 0.717) is 11.6 Å². The molecule has 3 heteroatoms. The van der Waals surface area contributed by atoms with E-state index >= 15 is 0 Å². The fraction of sp³-hybridized carbons (Fsp3) is 0.500. The maximum absolute atomic E-state index is 13.6. The van der Waals surface area contributed by atoms with Gasteiger partial charge in [-0.25, -0.2) is 4.39 Å². The van der Waals surface area contributed by atoms with Crippen molar-refractivity contribution in [3.63, 3.8) is 0 Å². The van der Waals surface area contributed by atoms with E-state index in [9.17, 15) is 4.39 Å². The largest absolute Gasteiger partial charge is 0.384 e. The Kier molecular flexibility index (Phi) is 3.54. The van der Waals surface area contributed by atoms with E-state index in [2.05, 4.69) is 16.7 Å². The normalized spacial score (nSPS) is 25.4. The van der Waals surface area contributed by atoms with Gasteiger partial charge in [0.2, 0.25) is 0 Å². The molecule has 1 aliphatic carbocycles. The second kappa shape index (κ2) is 5.32. The molecule has 1 saturated carbocycles. The first-order valence-electron chi connectivity index (χ1n) is 6.88. The first-order valence-corrected chi connectivity index (χ1v) is 6.88. The zero-order valence-electron chi connectivity index (χ0n) is 10.9. The Morgan fingerprint density at radius 1 is 1.32 bits per heavy atom. The van der Waals surface area contributed by atoms with E-state index < -0.39 is 0 Å². The van der Waals surface area contributed by atoms with Gasteiger partial charge in [-0.15, -0.1) is 0 Å². The quantitative estimate of drug-likeness (QED) is 0.823. The Morgan fingerprint density at radius 3 is 2.89 bits per heavy atom. The minimum atomic E-state index is -0.246. The number of hydrogen-bond donors (Lipinski definition) is 1. The molecule has 100 valence electrons. The van der Waals surface area contributed by atoms with Crippen LogP contribution in [0.25, 0.3) is 0 Å². The molecule has 1 N–H and O–H groups in total. The molecule has 0 aromatic heterocycles. The van der Waals surface area contributed by atoms with E-state index in [-0.39, 0.29) is 12.4 Å². The van der Waals surface area contributed by atoms with Crippen molar-refractivity contribution >= 4 is 0 Å². The molecule has 1 aromatic rings. The van der Waals surface area contributed by atoms with E-state index in [1.54, 1.807) is 6.07 Å². The second-order valence-electron chi connectivity index (χ2n) is 5.57. The number of rotatable bonds is 2. The lowest BCUT2D eigenvalue weighted by atomic mass is 10.1. The maximum atomic E-state index is 13.6. The van der Waals surface area contributed by atoms with E-state index in [1.807, 2.05) is 6.07 Å². The lowest BCUT2D eigenvalue weighted by molar-refractivity contribution is 0.205. The molecular weight excluding hydrogens is 241 g/mol. The third-order valence-corrected chi connectivity index (χ3v) is 4.18. The second-order valence-corrected chi connectivity index (χ2v) is 5.57. The van der Waals surface area contributed by atoms with Crippen LogP contribution in [0.4, 0.5) is 4.39 Å². The predicted molar refractivity (Wildman–Crippen MR) is 71.9 cm³/mol. The number of nitrogens with zero attached hydrogens (tertiary/aromatic N) is 1. The predicted octanol–water partition coefficient (Wildman–Crippen LogP) is 2.15. The van der Waals surface area contributed by atoms with E-state index in [4.69, 9.17) is 5.11 Å². The summed E-state index contributed by atoms with van der Waals surface area (Å²) in [5.74, 6) is 5.95. The molecule has 0 spiro atoms. The summed E-state index contributed by atoms with van der Waals surface area (Å²) < 4.78 is 13.6. The monoisotopic (exact) mass is 259 g/mol. The lowest BCUT2D eigenvalue weighted by Crippen LogP contribution is -2.31. The molecule has 19 heavy (non-hydrogen) atoms. The Morgan fingerprint density at radius 2 is 2.21 bits per heavy atom. The number of aliphatic hydroxyl groups excluding tert-OH is 1. The Hall–Kier alpha value is -1.37. The molecule has 2 unspecified atom stereocenters.